The van der Waals surface area contributed by atoms with Crippen molar-refractivity contribution in [3.8, 4) is 11.4 Å². The molecule has 0 bridgehead atoms. The summed E-state index contributed by atoms with van der Waals surface area (Å²) in [6.45, 7) is 4.90. The van der Waals surface area contributed by atoms with Gasteiger partial charge in [0.15, 0.2) is 5.76 Å². The molecule has 10 heteroatoms. The molecule has 190 valence electrons. The summed E-state index contributed by atoms with van der Waals surface area (Å²) in [5.41, 5.74) is 2.65. The van der Waals surface area contributed by atoms with Crippen LogP contribution < -0.4 is 9.46 Å². The van der Waals surface area contributed by atoms with Crippen molar-refractivity contribution in [3.05, 3.63) is 102 Å². The first-order chi connectivity index (χ1) is 17.7. The van der Waals surface area contributed by atoms with E-state index in [1.54, 1.807) is 49.8 Å². The number of aromatic nitrogens is 3. The highest BCUT2D eigenvalue weighted by Crippen LogP contribution is 2.30. The maximum absolute atomic E-state index is 13.3. The SMILES string of the molecule is Cc1noc(C)c1S(=O)(=O)N[C@@H](C)[C@H](Oc1ccc2c(cnn2-c2ccc(F)cc2)c1)c1ccccc1. The molecule has 0 spiro atoms. The third kappa shape index (κ3) is 4.98. The van der Waals surface area contributed by atoms with Crippen LogP contribution in [0.15, 0.2) is 88.4 Å². The van der Waals surface area contributed by atoms with Gasteiger partial charge in [-0.25, -0.2) is 22.2 Å². The Morgan fingerprint density at radius 1 is 1.03 bits per heavy atom. The summed E-state index contributed by atoms with van der Waals surface area (Å²) in [5, 5.41) is 9.02. The summed E-state index contributed by atoms with van der Waals surface area (Å²) in [5.74, 6) is 0.448. The first kappa shape index (κ1) is 24.7. The molecule has 8 nitrogen and oxygen atoms in total. The summed E-state index contributed by atoms with van der Waals surface area (Å²) in [4.78, 5) is 0.0285. The molecule has 0 radical (unpaired) electrons. The molecule has 2 atom stereocenters. The zero-order valence-corrected chi connectivity index (χ0v) is 21.2. The van der Waals surface area contributed by atoms with Gasteiger partial charge in [-0.1, -0.05) is 35.5 Å². The molecule has 0 unspecified atom stereocenters. The van der Waals surface area contributed by atoms with Crippen molar-refractivity contribution in [3.63, 3.8) is 0 Å². The summed E-state index contributed by atoms with van der Waals surface area (Å²) in [7, 11) is -3.91. The number of halogens is 1. The van der Waals surface area contributed by atoms with Crippen molar-refractivity contribution >= 4 is 20.9 Å². The summed E-state index contributed by atoms with van der Waals surface area (Å²) in [6.07, 6.45) is 1.06. The molecule has 3 aromatic carbocycles. The van der Waals surface area contributed by atoms with Crippen LogP contribution in [0.3, 0.4) is 0 Å². The highest BCUT2D eigenvalue weighted by atomic mass is 32.2. The quantitative estimate of drug-likeness (QED) is 0.300. The Morgan fingerprint density at radius 2 is 1.76 bits per heavy atom. The van der Waals surface area contributed by atoms with E-state index in [2.05, 4.69) is 15.0 Å². The third-order valence-electron chi connectivity index (χ3n) is 6.03. The van der Waals surface area contributed by atoms with Crippen LogP contribution in [0.2, 0.25) is 0 Å². The highest BCUT2D eigenvalue weighted by molar-refractivity contribution is 7.89. The van der Waals surface area contributed by atoms with Gasteiger partial charge in [-0.15, -0.1) is 0 Å². The average Bonchev–Trinajstić information content (AvgIpc) is 3.45. The van der Waals surface area contributed by atoms with Crippen LogP contribution in [0.1, 0.15) is 30.0 Å². The van der Waals surface area contributed by atoms with E-state index in [4.69, 9.17) is 9.26 Å². The van der Waals surface area contributed by atoms with E-state index in [0.29, 0.717) is 5.75 Å². The fourth-order valence-corrected chi connectivity index (χ4v) is 5.92. The maximum atomic E-state index is 13.3. The molecule has 0 aliphatic rings. The molecule has 2 heterocycles. The van der Waals surface area contributed by atoms with Gasteiger partial charge in [0.05, 0.1) is 23.4 Å². The summed E-state index contributed by atoms with van der Waals surface area (Å²) < 4.78 is 55.6. The lowest BCUT2D eigenvalue weighted by molar-refractivity contribution is 0.173. The van der Waals surface area contributed by atoms with E-state index >= 15 is 0 Å². The zero-order chi connectivity index (χ0) is 26.2. The van der Waals surface area contributed by atoms with Crippen LogP contribution in [0.4, 0.5) is 4.39 Å². The number of sulfonamides is 1. The smallest absolute Gasteiger partial charge is 0.246 e. The van der Waals surface area contributed by atoms with E-state index in [1.165, 1.54) is 12.1 Å². The second-order valence-electron chi connectivity index (χ2n) is 8.77. The highest BCUT2D eigenvalue weighted by Gasteiger charge is 2.30. The van der Waals surface area contributed by atoms with E-state index in [1.807, 2.05) is 42.5 Å². The van der Waals surface area contributed by atoms with Crippen molar-refractivity contribution in [1.82, 2.24) is 19.7 Å². The van der Waals surface area contributed by atoms with E-state index < -0.39 is 22.2 Å². The molecule has 0 fully saturated rings. The van der Waals surface area contributed by atoms with Crippen molar-refractivity contribution in [1.29, 1.82) is 0 Å². The van der Waals surface area contributed by atoms with Crippen LogP contribution in [-0.2, 0) is 10.0 Å². The Kier molecular flexibility index (Phi) is 6.53. The van der Waals surface area contributed by atoms with Crippen LogP contribution in [-0.4, -0.2) is 29.4 Å². The van der Waals surface area contributed by atoms with Crippen molar-refractivity contribution in [2.24, 2.45) is 0 Å². The number of aryl methyl sites for hydroxylation is 2. The largest absolute Gasteiger partial charge is 0.484 e. The molecule has 37 heavy (non-hydrogen) atoms. The minimum atomic E-state index is -3.91. The fourth-order valence-electron chi connectivity index (χ4n) is 4.34. The van der Waals surface area contributed by atoms with Gasteiger partial charge >= 0.3 is 0 Å². The molecular weight excluding hydrogens is 495 g/mol. The van der Waals surface area contributed by atoms with Gasteiger partial charge < -0.3 is 9.26 Å². The van der Waals surface area contributed by atoms with Crippen LogP contribution >= 0.6 is 0 Å². The molecule has 0 amide bonds. The van der Waals surface area contributed by atoms with Gasteiger partial charge in [0.1, 0.15) is 28.3 Å². The van der Waals surface area contributed by atoms with Crippen molar-refractivity contribution in [2.45, 2.75) is 37.8 Å². The number of fused-ring (bicyclic) bond motifs is 1. The second-order valence-corrected chi connectivity index (χ2v) is 10.4. The number of benzene rings is 3. The first-order valence-corrected chi connectivity index (χ1v) is 13.1. The first-order valence-electron chi connectivity index (χ1n) is 11.6. The van der Waals surface area contributed by atoms with Gasteiger partial charge in [0.2, 0.25) is 10.0 Å². The summed E-state index contributed by atoms with van der Waals surface area (Å²) >= 11 is 0. The molecule has 0 saturated heterocycles. The molecule has 0 saturated carbocycles. The van der Waals surface area contributed by atoms with Crippen LogP contribution in [0.5, 0.6) is 5.75 Å². The van der Waals surface area contributed by atoms with Gasteiger partial charge in [-0.05, 0) is 68.8 Å². The minimum Gasteiger partial charge on any atom is -0.484 e. The Bertz CT molecular complexity index is 1630. The van der Waals surface area contributed by atoms with E-state index in [9.17, 15) is 12.8 Å². The Labute approximate surface area is 213 Å². The molecule has 1 N–H and O–H groups in total. The number of hydrogen-bond donors (Lipinski definition) is 1. The standard InChI is InChI=1S/C27H25FN4O4S/c1-17(31-37(33,34)27-18(2)30-36-19(27)3)26(20-7-5-4-6-8-20)35-24-13-14-25-21(15-24)16-29-32(25)23-11-9-22(28)10-12-23/h4-17,26,31H,1-3H3/t17-,26-/m0/s1. The normalized spacial score (nSPS) is 13.5. The minimum absolute atomic E-state index is 0.0285. The van der Waals surface area contributed by atoms with Crippen LogP contribution in [0.25, 0.3) is 16.6 Å². The molecule has 0 aliphatic heterocycles. The molecule has 0 aliphatic carbocycles. The Balaban J connectivity index is 1.45. The fraction of sp³-hybridized carbons (Fsp3) is 0.185. The van der Waals surface area contributed by atoms with Gasteiger partial charge in [-0.3, -0.25) is 0 Å². The summed E-state index contributed by atoms with van der Waals surface area (Å²) in [6, 6.07) is 20.3. The molecular formula is C27H25FN4O4S. The maximum Gasteiger partial charge on any atom is 0.246 e. The lowest BCUT2D eigenvalue weighted by Gasteiger charge is -2.26. The Morgan fingerprint density at radius 3 is 2.43 bits per heavy atom. The lowest BCUT2D eigenvalue weighted by atomic mass is 10.0. The van der Waals surface area contributed by atoms with Gasteiger partial charge in [0, 0.05) is 5.39 Å². The van der Waals surface area contributed by atoms with Crippen molar-refractivity contribution < 1.29 is 22.1 Å². The molecule has 2 aromatic heterocycles. The Hall–Kier alpha value is -4.02. The number of nitrogens with one attached hydrogen (secondary N) is 1. The zero-order valence-electron chi connectivity index (χ0n) is 20.4. The predicted octanol–water partition coefficient (Wildman–Crippen LogP) is 5.26. The van der Waals surface area contributed by atoms with E-state index in [0.717, 1.165) is 22.2 Å². The predicted molar refractivity (Wildman–Crippen MR) is 137 cm³/mol. The number of ether oxygens (including phenoxy) is 1. The number of hydrogen-bond acceptors (Lipinski definition) is 6. The van der Waals surface area contributed by atoms with Gasteiger partial charge in [-0.2, -0.15) is 5.10 Å². The number of nitrogens with zero attached hydrogens (tertiary/aromatic N) is 3. The van der Waals surface area contributed by atoms with Gasteiger partial charge in [0.25, 0.3) is 0 Å². The second kappa shape index (κ2) is 9.79. The monoisotopic (exact) mass is 520 g/mol. The molecule has 5 aromatic rings. The van der Waals surface area contributed by atoms with Crippen molar-refractivity contribution in [2.75, 3.05) is 0 Å². The average molecular weight is 521 g/mol. The third-order valence-corrected chi connectivity index (χ3v) is 7.84. The lowest BCUT2D eigenvalue weighted by Crippen LogP contribution is -2.39. The topological polar surface area (TPSA) is 99.2 Å². The van der Waals surface area contributed by atoms with E-state index in [-0.39, 0.29) is 22.2 Å². The van der Waals surface area contributed by atoms with Crippen LogP contribution in [0, 0.1) is 19.7 Å². The number of rotatable bonds is 8. The molecule has 5 rings (SSSR count).